The first kappa shape index (κ1) is 7.56. The Labute approximate surface area is 68.7 Å². The van der Waals surface area contributed by atoms with Gasteiger partial charge in [0, 0.05) is 12.6 Å². The second kappa shape index (κ2) is 2.76. The van der Waals surface area contributed by atoms with Gasteiger partial charge in [-0.25, -0.2) is 0 Å². The fraction of sp³-hybridized carbons (Fsp3) is 1.00. The van der Waals surface area contributed by atoms with Gasteiger partial charge in [0.15, 0.2) is 0 Å². The SMILES string of the molecule is CN1CCC2CC(N)CC2C1. The number of piperidine rings is 1. The lowest BCUT2D eigenvalue weighted by Gasteiger charge is -2.32. The van der Waals surface area contributed by atoms with Crippen LogP contribution < -0.4 is 5.73 Å². The first-order valence-electron chi connectivity index (χ1n) is 4.70. The molecule has 1 aliphatic heterocycles. The second-order valence-corrected chi connectivity index (χ2v) is 4.30. The summed E-state index contributed by atoms with van der Waals surface area (Å²) in [6.45, 7) is 2.58. The Balaban J connectivity index is 1.97. The van der Waals surface area contributed by atoms with Gasteiger partial charge >= 0.3 is 0 Å². The molecular formula is C9H18N2. The third-order valence-electron chi connectivity index (χ3n) is 3.31. The van der Waals surface area contributed by atoms with Crippen molar-refractivity contribution in [3.8, 4) is 0 Å². The van der Waals surface area contributed by atoms with Crippen molar-refractivity contribution in [1.29, 1.82) is 0 Å². The summed E-state index contributed by atoms with van der Waals surface area (Å²) < 4.78 is 0. The van der Waals surface area contributed by atoms with E-state index in [0.717, 1.165) is 11.8 Å². The number of rotatable bonds is 0. The molecule has 2 N–H and O–H groups in total. The van der Waals surface area contributed by atoms with E-state index in [2.05, 4.69) is 11.9 Å². The zero-order chi connectivity index (χ0) is 7.84. The van der Waals surface area contributed by atoms with Crippen LogP contribution in [0.5, 0.6) is 0 Å². The molecule has 3 atom stereocenters. The minimum atomic E-state index is 0.511. The van der Waals surface area contributed by atoms with Crippen molar-refractivity contribution in [1.82, 2.24) is 4.90 Å². The molecule has 2 rings (SSSR count). The predicted octanol–water partition coefficient (Wildman–Crippen LogP) is 0.675. The molecule has 1 saturated heterocycles. The molecule has 0 aromatic rings. The van der Waals surface area contributed by atoms with Crippen molar-refractivity contribution >= 4 is 0 Å². The Morgan fingerprint density at radius 1 is 1.27 bits per heavy atom. The van der Waals surface area contributed by atoms with E-state index in [9.17, 15) is 0 Å². The number of nitrogens with zero attached hydrogens (tertiary/aromatic N) is 1. The number of fused-ring (bicyclic) bond motifs is 1. The zero-order valence-corrected chi connectivity index (χ0v) is 7.29. The van der Waals surface area contributed by atoms with Crippen LogP contribution in [0.3, 0.4) is 0 Å². The van der Waals surface area contributed by atoms with Crippen LogP contribution in [-0.2, 0) is 0 Å². The molecule has 1 aliphatic carbocycles. The lowest BCUT2D eigenvalue weighted by atomic mass is 9.89. The van der Waals surface area contributed by atoms with E-state index in [0.29, 0.717) is 6.04 Å². The Morgan fingerprint density at radius 2 is 2.00 bits per heavy atom. The molecule has 2 heteroatoms. The van der Waals surface area contributed by atoms with Gasteiger partial charge in [-0.1, -0.05) is 0 Å². The normalized spacial score (nSPS) is 45.8. The third kappa shape index (κ3) is 1.42. The number of nitrogens with two attached hydrogens (primary N) is 1. The smallest absolute Gasteiger partial charge is 0.00448 e. The molecule has 0 aromatic heterocycles. The van der Waals surface area contributed by atoms with Crippen LogP contribution >= 0.6 is 0 Å². The summed E-state index contributed by atoms with van der Waals surface area (Å²) in [5, 5.41) is 0. The average Bonchev–Trinajstić information content (AvgIpc) is 2.27. The van der Waals surface area contributed by atoms with E-state index in [1.165, 1.54) is 32.4 Å². The fourth-order valence-corrected chi connectivity index (χ4v) is 2.71. The monoisotopic (exact) mass is 154 g/mol. The van der Waals surface area contributed by atoms with E-state index in [4.69, 9.17) is 5.73 Å². The molecular weight excluding hydrogens is 136 g/mol. The highest BCUT2D eigenvalue weighted by molar-refractivity contribution is 4.89. The predicted molar refractivity (Wildman–Crippen MR) is 46.3 cm³/mol. The highest BCUT2D eigenvalue weighted by Crippen LogP contribution is 2.36. The standard InChI is InChI=1S/C9H18N2/c1-11-3-2-7-4-9(10)5-8(7)6-11/h7-9H,2-6,10H2,1H3. The fourth-order valence-electron chi connectivity index (χ4n) is 2.71. The lowest BCUT2D eigenvalue weighted by Crippen LogP contribution is -2.35. The third-order valence-corrected chi connectivity index (χ3v) is 3.31. The summed E-state index contributed by atoms with van der Waals surface area (Å²) >= 11 is 0. The average molecular weight is 154 g/mol. The summed E-state index contributed by atoms with van der Waals surface area (Å²) in [6.07, 6.45) is 3.95. The number of likely N-dealkylation sites (tertiary alicyclic amines) is 1. The van der Waals surface area contributed by atoms with Crippen LogP contribution in [-0.4, -0.2) is 31.1 Å². The molecule has 1 heterocycles. The largest absolute Gasteiger partial charge is 0.328 e. The van der Waals surface area contributed by atoms with Crippen molar-refractivity contribution in [2.24, 2.45) is 17.6 Å². The summed E-state index contributed by atoms with van der Waals surface area (Å²) in [5.74, 6) is 1.88. The molecule has 0 aromatic carbocycles. The van der Waals surface area contributed by atoms with Gasteiger partial charge in [0.1, 0.15) is 0 Å². The van der Waals surface area contributed by atoms with E-state index < -0.39 is 0 Å². The van der Waals surface area contributed by atoms with Crippen molar-refractivity contribution in [3.63, 3.8) is 0 Å². The van der Waals surface area contributed by atoms with Crippen molar-refractivity contribution in [2.75, 3.05) is 20.1 Å². The maximum atomic E-state index is 5.92. The maximum Gasteiger partial charge on any atom is 0.00448 e. The van der Waals surface area contributed by atoms with Gasteiger partial charge in [-0.2, -0.15) is 0 Å². The first-order chi connectivity index (χ1) is 5.25. The molecule has 0 spiro atoms. The molecule has 2 nitrogen and oxygen atoms in total. The van der Waals surface area contributed by atoms with Crippen molar-refractivity contribution in [2.45, 2.75) is 25.3 Å². The first-order valence-corrected chi connectivity index (χ1v) is 4.70. The summed E-state index contributed by atoms with van der Waals surface area (Å²) in [6, 6.07) is 0.511. The van der Waals surface area contributed by atoms with Gasteiger partial charge in [0.05, 0.1) is 0 Å². The van der Waals surface area contributed by atoms with Crippen LogP contribution in [0.4, 0.5) is 0 Å². The van der Waals surface area contributed by atoms with Gasteiger partial charge in [-0.3, -0.25) is 0 Å². The summed E-state index contributed by atoms with van der Waals surface area (Å²) in [5.41, 5.74) is 5.92. The van der Waals surface area contributed by atoms with E-state index in [1.54, 1.807) is 0 Å². The molecule has 2 aliphatic rings. The minimum absolute atomic E-state index is 0.511. The maximum absolute atomic E-state index is 5.92. The van der Waals surface area contributed by atoms with Crippen molar-refractivity contribution in [3.05, 3.63) is 0 Å². The lowest BCUT2D eigenvalue weighted by molar-refractivity contribution is 0.166. The summed E-state index contributed by atoms with van der Waals surface area (Å²) in [7, 11) is 2.22. The molecule has 0 radical (unpaired) electrons. The van der Waals surface area contributed by atoms with Crippen LogP contribution in [0.15, 0.2) is 0 Å². The van der Waals surface area contributed by atoms with Crippen LogP contribution in [0.1, 0.15) is 19.3 Å². The molecule has 3 unspecified atom stereocenters. The molecule has 0 bridgehead atoms. The van der Waals surface area contributed by atoms with Gasteiger partial charge in [-0.15, -0.1) is 0 Å². The molecule has 2 fully saturated rings. The second-order valence-electron chi connectivity index (χ2n) is 4.30. The molecule has 64 valence electrons. The highest BCUT2D eigenvalue weighted by Gasteiger charge is 2.35. The zero-order valence-electron chi connectivity index (χ0n) is 7.29. The van der Waals surface area contributed by atoms with Gasteiger partial charge in [0.2, 0.25) is 0 Å². The summed E-state index contributed by atoms with van der Waals surface area (Å²) in [4.78, 5) is 2.44. The number of hydrogen-bond donors (Lipinski definition) is 1. The van der Waals surface area contributed by atoms with Gasteiger partial charge in [0.25, 0.3) is 0 Å². The van der Waals surface area contributed by atoms with Crippen LogP contribution in [0.2, 0.25) is 0 Å². The Bertz CT molecular complexity index is 146. The highest BCUT2D eigenvalue weighted by atomic mass is 15.1. The Hall–Kier alpha value is -0.0800. The molecule has 1 saturated carbocycles. The molecule has 0 amide bonds. The topological polar surface area (TPSA) is 29.3 Å². The Morgan fingerprint density at radius 3 is 2.82 bits per heavy atom. The van der Waals surface area contributed by atoms with Gasteiger partial charge in [-0.05, 0) is 44.7 Å². The number of hydrogen-bond acceptors (Lipinski definition) is 2. The quantitative estimate of drug-likeness (QED) is 0.556. The van der Waals surface area contributed by atoms with E-state index in [1.807, 2.05) is 0 Å². The van der Waals surface area contributed by atoms with Crippen LogP contribution in [0.25, 0.3) is 0 Å². The van der Waals surface area contributed by atoms with Gasteiger partial charge < -0.3 is 10.6 Å². The van der Waals surface area contributed by atoms with Crippen molar-refractivity contribution < 1.29 is 0 Å². The van der Waals surface area contributed by atoms with Crippen LogP contribution in [0, 0.1) is 11.8 Å². The minimum Gasteiger partial charge on any atom is -0.328 e. The molecule has 11 heavy (non-hydrogen) atoms. The Kier molecular flexibility index (Phi) is 1.90. The van der Waals surface area contributed by atoms with E-state index in [-0.39, 0.29) is 0 Å². The van der Waals surface area contributed by atoms with E-state index >= 15 is 0 Å².